The zero-order valence-electron chi connectivity index (χ0n) is 13.6. The van der Waals surface area contributed by atoms with Gasteiger partial charge in [0.15, 0.2) is 5.60 Å². The molecule has 0 spiro atoms. The van der Waals surface area contributed by atoms with Crippen molar-refractivity contribution in [2.75, 3.05) is 20.3 Å². The zero-order valence-corrected chi connectivity index (χ0v) is 17.9. The SMILES string of the molecule is COCCOc1c(I)cc(I)cc1C(=O)OC(C)(C)C(F)(F)C(=O)O. The highest BCUT2D eigenvalue weighted by Crippen LogP contribution is 2.35. The van der Waals surface area contributed by atoms with E-state index in [1.807, 2.05) is 45.2 Å². The third-order valence-electron chi connectivity index (χ3n) is 3.13. The topological polar surface area (TPSA) is 82.1 Å². The van der Waals surface area contributed by atoms with Crippen LogP contribution in [-0.4, -0.2) is 48.9 Å². The molecule has 0 saturated carbocycles. The van der Waals surface area contributed by atoms with Gasteiger partial charge in [0.2, 0.25) is 0 Å². The molecule has 0 aromatic heterocycles. The maximum atomic E-state index is 13.8. The van der Waals surface area contributed by atoms with Gasteiger partial charge in [-0.1, -0.05) is 0 Å². The molecule has 0 aliphatic rings. The van der Waals surface area contributed by atoms with Crippen LogP contribution in [0.3, 0.4) is 0 Å². The van der Waals surface area contributed by atoms with E-state index in [0.717, 1.165) is 13.8 Å². The van der Waals surface area contributed by atoms with E-state index in [2.05, 4.69) is 0 Å². The Kier molecular flexibility index (Phi) is 7.80. The molecular formula is C15H16F2I2O6. The second kappa shape index (κ2) is 8.75. The minimum atomic E-state index is -4.26. The van der Waals surface area contributed by atoms with Gasteiger partial charge in [-0.15, -0.1) is 0 Å². The highest BCUT2D eigenvalue weighted by molar-refractivity contribution is 14.1. The molecule has 0 radical (unpaired) electrons. The number of methoxy groups -OCH3 is 1. The number of halogens is 4. The second-order valence-electron chi connectivity index (χ2n) is 5.38. The molecule has 10 heteroatoms. The fraction of sp³-hybridized carbons (Fsp3) is 0.467. The third-order valence-corrected chi connectivity index (χ3v) is 4.56. The van der Waals surface area contributed by atoms with Gasteiger partial charge in [0.1, 0.15) is 17.9 Å². The van der Waals surface area contributed by atoms with Crippen molar-refractivity contribution in [1.29, 1.82) is 0 Å². The van der Waals surface area contributed by atoms with Crippen molar-refractivity contribution < 1.29 is 37.7 Å². The van der Waals surface area contributed by atoms with Gasteiger partial charge in [0.05, 0.1) is 10.2 Å². The standard InChI is InChI=1S/C15H16F2I2O6/c1-14(2,15(16,17)13(21)22)25-12(20)9-6-8(18)7-10(19)11(9)24-5-4-23-3/h6-7H,4-5H2,1-3H3,(H,21,22). The number of hydrogen-bond acceptors (Lipinski definition) is 5. The Balaban J connectivity index is 3.18. The molecule has 6 nitrogen and oxygen atoms in total. The van der Waals surface area contributed by atoms with E-state index in [-0.39, 0.29) is 24.5 Å². The second-order valence-corrected chi connectivity index (χ2v) is 7.79. The maximum Gasteiger partial charge on any atom is 0.380 e. The van der Waals surface area contributed by atoms with E-state index in [1.165, 1.54) is 13.2 Å². The minimum absolute atomic E-state index is 0.0679. The number of esters is 1. The highest BCUT2D eigenvalue weighted by Gasteiger charge is 2.57. The minimum Gasteiger partial charge on any atom is -0.489 e. The highest BCUT2D eigenvalue weighted by atomic mass is 127. The maximum absolute atomic E-state index is 13.8. The average Bonchev–Trinajstić information content (AvgIpc) is 2.48. The van der Waals surface area contributed by atoms with Crippen molar-refractivity contribution in [2.24, 2.45) is 0 Å². The quantitative estimate of drug-likeness (QED) is 0.286. The van der Waals surface area contributed by atoms with E-state index in [0.29, 0.717) is 7.14 Å². The number of carboxylic acids is 1. The summed E-state index contributed by atoms with van der Waals surface area (Å²) in [5.41, 5.74) is -2.62. The molecule has 1 aromatic carbocycles. The molecule has 1 rings (SSSR count). The predicted molar refractivity (Wildman–Crippen MR) is 101 cm³/mol. The van der Waals surface area contributed by atoms with Crippen LogP contribution in [0.5, 0.6) is 5.75 Å². The summed E-state index contributed by atoms with van der Waals surface area (Å²) in [4.78, 5) is 23.2. The largest absolute Gasteiger partial charge is 0.489 e. The number of alkyl halides is 2. The van der Waals surface area contributed by atoms with Crippen LogP contribution in [0, 0.1) is 7.14 Å². The van der Waals surface area contributed by atoms with Crippen LogP contribution in [0.15, 0.2) is 12.1 Å². The smallest absolute Gasteiger partial charge is 0.380 e. The number of carboxylic acid groups (broad SMARTS) is 1. The molecule has 0 amide bonds. The summed E-state index contributed by atoms with van der Waals surface area (Å²) in [5.74, 6) is -7.57. The Morgan fingerprint density at radius 2 is 1.80 bits per heavy atom. The Labute approximate surface area is 170 Å². The van der Waals surface area contributed by atoms with Gasteiger partial charge in [-0.05, 0) is 71.2 Å². The van der Waals surface area contributed by atoms with Crippen LogP contribution < -0.4 is 4.74 Å². The molecule has 25 heavy (non-hydrogen) atoms. The monoisotopic (exact) mass is 584 g/mol. The van der Waals surface area contributed by atoms with Crippen LogP contribution in [0.4, 0.5) is 8.78 Å². The molecule has 0 fully saturated rings. The van der Waals surface area contributed by atoms with Crippen molar-refractivity contribution in [3.63, 3.8) is 0 Å². The summed E-state index contributed by atoms with van der Waals surface area (Å²) < 4.78 is 44.0. The van der Waals surface area contributed by atoms with Crippen molar-refractivity contribution >= 4 is 57.1 Å². The summed E-state index contributed by atoms with van der Waals surface area (Å²) >= 11 is 3.90. The van der Waals surface area contributed by atoms with Gasteiger partial charge in [0, 0.05) is 10.7 Å². The summed E-state index contributed by atoms with van der Waals surface area (Å²) in [7, 11) is 1.48. The fourth-order valence-corrected chi connectivity index (χ4v) is 3.69. The number of aliphatic carboxylic acids is 1. The first-order chi connectivity index (χ1) is 11.4. The molecule has 0 saturated heterocycles. The van der Waals surface area contributed by atoms with E-state index in [9.17, 15) is 18.4 Å². The molecule has 0 aliphatic heterocycles. The lowest BCUT2D eigenvalue weighted by atomic mass is 10.0. The van der Waals surface area contributed by atoms with Crippen molar-refractivity contribution in [1.82, 2.24) is 0 Å². The predicted octanol–water partition coefficient (Wildman–Crippen LogP) is 3.58. The van der Waals surface area contributed by atoms with Crippen LogP contribution in [0.2, 0.25) is 0 Å². The Morgan fingerprint density at radius 3 is 2.32 bits per heavy atom. The van der Waals surface area contributed by atoms with Gasteiger partial charge in [0.25, 0.3) is 0 Å². The van der Waals surface area contributed by atoms with Crippen LogP contribution in [-0.2, 0) is 14.3 Å². The molecule has 0 aliphatic carbocycles. The lowest BCUT2D eigenvalue weighted by Gasteiger charge is -2.30. The first-order valence-corrected chi connectivity index (χ1v) is 9.05. The number of ether oxygens (including phenoxy) is 3. The molecule has 0 bridgehead atoms. The lowest BCUT2D eigenvalue weighted by molar-refractivity contribution is -0.200. The number of hydrogen-bond donors (Lipinski definition) is 1. The molecule has 0 unspecified atom stereocenters. The van der Waals surface area contributed by atoms with Gasteiger partial charge in [-0.3, -0.25) is 0 Å². The molecular weight excluding hydrogens is 568 g/mol. The van der Waals surface area contributed by atoms with Crippen molar-refractivity contribution in [3.05, 3.63) is 24.8 Å². The lowest BCUT2D eigenvalue weighted by Crippen LogP contribution is -2.51. The Morgan fingerprint density at radius 1 is 1.20 bits per heavy atom. The van der Waals surface area contributed by atoms with E-state index >= 15 is 0 Å². The summed E-state index contributed by atoms with van der Waals surface area (Å²) in [6, 6.07) is 3.15. The summed E-state index contributed by atoms with van der Waals surface area (Å²) in [6.45, 7) is 2.08. The number of carbonyl (C=O) groups is 2. The van der Waals surface area contributed by atoms with Gasteiger partial charge >= 0.3 is 17.9 Å². The van der Waals surface area contributed by atoms with Gasteiger partial charge < -0.3 is 19.3 Å². The van der Waals surface area contributed by atoms with Crippen molar-refractivity contribution in [3.8, 4) is 5.75 Å². The van der Waals surface area contributed by atoms with Crippen molar-refractivity contribution in [2.45, 2.75) is 25.4 Å². The molecule has 1 N–H and O–H groups in total. The molecule has 1 aromatic rings. The molecule has 0 heterocycles. The Bertz CT molecular complexity index is 664. The average molecular weight is 584 g/mol. The first kappa shape index (κ1) is 22.3. The first-order valence-electron chi connectivity index (χ1n) is 6.89. The van der Waals surface area contributed by atoms with Gasteiger partial charge in [-0.2, -0.15) is 8.78 Å². The normalized spacial score (nSPS) is 12.0. The summed E-state index contributed by atoms with van der Waals surface area (Å²) in [5, 5.41) is 8.66. The van der Waals surface area contributed by atoms with E-state index in [4.69, 9.17) is 19.3 Å². The van der Waals surface area contributed by atoms with Crippen LogP contribution in [0.25, 0.3) is 0 Å². The van der Waals surface area contributed by atoms with Gasteiger partial charge in [-0.25, -0.2) is 9.59 Å². The number of carbonyl (C=O) groups excluding carboxylic acids is 1. The molecule has 0 atom stereocenters. The van der Waals surface area contributed by atoms with Crippen LogP contribution in [0.1, 0.15) is 24.2 Å². The van der Waals surface area contributed by atoms with Crippen LogP contribution >= 0.6 is 45.2 Å². The number of rotatable bonds is 8. The summed E-state index contributed by atoms with van der Waals surface area (Å²) in [6.07, 6.45) is 0. The fourth-order valence-electron chi connectivity index (χ4n) is 1.69. The third kappa shape index (κ3) is 5.36. The zero-order chi connectivity index (χ0) is 19.4. The van der Waals surface area contributed by atoms with E-state index < -0.39 is 23.5 Å². The van der Waals surface area contributed by atoms with E-state index in [1.54, 1.807) is 6.07 Å². The molecule has 140 valence electrons. The Hall–Kier alpha value is -0.760. The number of benzene rings is 1.